The van der Waals surface area contributed by atoms with Gasteiger partial charge in [0.15, 0.2) is 5.82 Å². The van der Waals surface area contributed by atoms with Crippen molar-refractivity contribution >= 4 is 0 Å². The van der Waals surface area contributed by atoms with Gasteiger partial charge in [-0.15, -0.1) is 10.2 Å². The highest BCUT2D eigenvalue weighted by molar-refractivity contribution is 5.05. The minimum Gasteiger partial charge on any atom is -0.329 e. The maximum absolute atomic E-state index is 5.66. The topological polar surface area (TPSA) is 77.8 Å². The van der Waals surface area contributed by atoms with E-state index in [9.17, 15) is 0 Å². The van der Waals surface area contributed by atoms with Crippen LogP contribution in [0.15, 0.2) is 12.4 Å². The van der Waals surface area contributed by atoms with Crippen molar-refractivity contribution in [2.24, 2.45) is 5.73 Å². The second-order valence-corrected chi connectivity index (χ2v) is 6.23. The van der Waals surface area contributed by atoms with Gasteiger partial charge in [0.25, 0.3) is 0 Å². The van der Waals surface area contributed by atoms with E-state index < -0.39 is 0 Å². The second-order valence-electron chi connectivity index (χ2n) is 6.23. The van der Waals surface area contributed by atoms with E-state index in [1.165, 1.54) is 0 Å². The Kier molecular flexibility index (Phi) is 5.07. The largest absolute Gasteiger partial charge is 0.329 e. The summed E-state index contributed by atoms with van der Waals surface area (Å²) in [6.45, 7) is 9.78. The SMILES string of the molecule is CCn1c(Cn2ccnc2C)nnc1C1CCN(CCN)CC1. The zero-order valence-electron chi connectivity index (χ0n) is 14.1. The summed E-state index contributed by atoms with van der Waals surface area (Å²) >= 11 is 0. The summed E-state index contributed by atoms with van der Waals surface area (Å²) < 4.78 is 4.40. The van der Waals surface area contributed by atoms with Crippen molar-refractivity contribution < 1.29 is 0 Å². The average molecular weight is 317 g/mol. The molecule has 7 heteroatoms. The fourth-order valence-corrected chi connectivity index (χ4v) is 3.43. The van der Waals surface area contributed by atoms with E-state index in [1.54, 1.807) is 0 Å². The van der Waals surface area contributed by atoms with Crippen LogP contribution >= 0.6 is 0 Å². The van der Waals surface area contributed by atoms with Gasteiger partial charge in [-0.1, -0.05) is 0 Å². The molecule has 1 saturated heterocycles. The maximum Gasteiger partial charge on any atom is 0.153 e. The van der Waals surface area contributed by atoms with E-state index in [2.05, 4.69) is 36.1 Å². The summed E-state index contributed by atoms with van der Waals surface area (Å²) in [7, 11) is 0. The molecule has 1 aliphatic rings. The van der Waals surface area contributed by atoms with Crippen LogP contribution in [0, 0.1) is 6.92 Å². The van der Waals surface area contributed by atoms with Crippen molar-refractivity contribution in [3.05, 3.63) is 29.9 Å². The van der Waals surface area contributed by atoms with Crippen molar-refractivity contribution in [3.63, 3.8) is 0 Å². The first-order chi connectivity index (χ1) is 11.2. The molecule has 0 aliphatic carbocycles. The third-order valence-corrected chi connectivity index (χ3v) is 4.81. The predicted octanol–water partition coefficient (Wildman–Crippen LogP) is 0.989. The maximum atomic E-state index is 5.66. The fraction of sp³-hybridized carbons (Fsp3) is 0.688. The molecule has 0 atom stereocenters. The Morgan fingerprint density at radius 2 is 2.04 bits per heavy atom. The van der Waals surface area contributed by atoms with Gasteiger partial charge in [-0.25, -0.2) is 4.98 Å². The fourth-order valence-electron chi connectivity index (χ4n) is 3.43. The first kappa shape index (κ1) is 16.1. The molecule has 0 bridgehead atoms. The lowest BCUT2D eigenvalue weighted by molar-refractivity contribution is 0.212. The Hall–Kier alpha value is -1.73. The normalized spacial score (nSPS) is 17.0. The Morgan fingerprint density at radius 3 is 2.65 bits per heavy atom. The molecule has 7 nitrogen and oxygen atoms in total. The van der Waals surface area contributed by atoms with Crippen LogP contribution in [0.25, 0.3) is 0 Å². The molecule has 23 heavy (non-hydrogen) atoms. The van der Waals surface area contributed by atoms with E-state index in [4.69, 9.17) is 5.73 Å². The van der Waals surface area contributed by atoms with Crippen molar-refractivity contribution in [1.82, 2.24) is 29.2 Å². The monoisotopic (exact) mass is 317 g/mol. The quantitative estimate of drug-likeness (QED) is 0.859. The standard InChI is InChI=1S/C16H27N7/c1-3-23-15(12-22-11-7-18-13(22)2)19-20-16(23)14-4-8-21(9-5-14)10-6-17/h7,11,14H,3-6,8-10,12,17H2,1-2H3. The van der Waals surface area contributed by atoms with Crippen molar-refractivity contribution in [2.45, 2.75) is 45.7 Å². The van der Waals surface area contributed by atoms with Crippen LogP contribution < -0.4 is 5.73 Å². The molecule has 126 valence electrons. The second kappa shape index (κ2) is 7.23. The molecule has 0 amide bonds. The molecule has 3 heterocycles. The van der Waals surface area contributed by atoms with Gasteiger partial charge in [-0.05, 0) is 39.8 Å². The van der Waals surface area contributed by atoms with E-state index >= 15 is 0 Å². The molecule has 0 saturated carbocycles. The molecule has 0 aromatic carbocycles. The number of hydrogen-bond acceptors (Lipinski definition) is 5. The van der Waals surface area contributed by atoms with E-state index in [0.29, 0.717) is 5.92 Å². The van der Waals surface area contributed by atoms with Crippen LogP contribution in [-0.4, -0.2) is 55.4 Å². The number of likely N-dealkylation sites (tertiary alicyclic amines) is 1. The summed E-state index contributed by atoms with van der Waals surface area (Å²) in [5, 5.41) is 8.99. The van der Waals surface area contributed by atoms with E-state index in [0.717, 1.165) is 69.6 Å². The van der Waals surface area contributed by atoms with Crippen molar-refractivity contribution in [2.75, 3.05) is 26.2 Å². The van der Waals surface area contributed by atoms with E-state index in [1.807, 2.05) is 19.3 Å². The molecule has 2 N–H and O–H groups in total. The molecule has 2 aromatic rings. The summed E-state index contributed by atoms with van der Waals surface area (Å²) in [6.07, 6.45) is 6.11. The highest BCUT2D eigenvalue weighted by Gasteiger charge is 2.25. The molecular formula is C16H27N7. The van der Waals surface area contributed by atoms with Crippen molar-refractivity contribution in [1.29, 1.82) is 0 Å². The Bertz CT molecular complexity index is 622. The van der Waals surface area contributed by atoms with Gasteiger partial charge in [0.2, 0.25) is 0 Å². The van der Waals surface area contributed by atoms with Gasteiger partial charge < -0.3 is 19.8 Å². The summed E-state index contributed by atoms with van der Waals surface area (Å²) in [5.74, 6) is 3.68. The summed E-state index contributed by atoms with van der Waals surface area (Å²) in [6, 6.07) is 0. The highest BCUT2D eigenvalue weighted by atomic mass is 15.3. The van der Waals surface area contributed by atoms with Crippen LogP contribution in [0.4, 0.5) is 0 Å². The molecule has 0 radical (unpaired) electrons. The summed E-state index contributed by atoms with van der Waals surface area (Å²) in [4.78, 5) is 6.72. The lowest BCUT2D eigenvalue weighted by Gasteiger charge is -2.31. The molecule has 1 aliphatic heterocycles. The number of aromatic nitrogens is 5. The van der Waals surface area contributed by atoms with Gasteiger partial charge in [-0.3, -0.25) is 0 Å². The first-order valence-corrected chi connectivity index (χ1v) is 8.55. The molecule has 0 spiro atoms. The third kappa shape index (κ3) is 3.45. The third-order valence-electron chi connectivity index (χ3n) is 4.81. The van der Waals surface area contributed by atoms with Gasteiger partial charge in [-0.2, -0.15) is 0 Å². The van der Waals surface area contributed by atoms with Gasteiger partial charge in [0, 0.05) is 37.9 Å². The Labute approximate surface area is 137 Å². The number of hydrogen-bond donors (Lipinski definition) is 1. The van der Waals surface area contributed by atoms with Crippen LogP contribution in [0.2, 0.25) is 0 Å². The Balaban J connectivity index is 1.73. The Morgan fingerprint density at radius 1 is 1.26 bits per heavy atom. The minimum absolute atomic E-state index is 0.508. The van der Waals surface area contributed by atoms with E-state index in [-0.39, 0.29) is 0 Å². The summed E-state index contributed by atoms with van der Waals surface area (Å²) in [5.41, 5.74) is 5.66. The minimum atomic E-state index is 0.508. The predicted molar refractivity (Wildman–Crippen MR) is 89.2 cm³/mol. The number of piperidine rings is 1. The van der Waals surface area contributed by atoms with Crippen molar-refractivity contribution in [3.8, 4) is 0 Å². The molecule has 0 unspecified atom stereocenters. The van der Waals surface area contributed by atoms with Gasteiger partial charge in [0.1, 0.15) is 11.6 Å². The zero-order valence-corrected chi connectivity index (χ0v) is 14.1. The molecule has 2 aromatic heterocycles. The number of rotatable bonds is 6. The van der Waals surface area contributed by atoms with Crippen LogP contribution in [-0.2, 0) is 13.1 Å². The molecule has 1 fully saturated rings. The number of nitrogens with zero attached hydrogens (tertiary/aromatic N) is 6. The van der Waals surface area contributed by atoms with Gasteiger partial charge in [0.05, 0.1) is 6.54 Å². The lowest BCUT2D eigenvalue weighted by Crippen LogP contribution is -2.37. The number of nitrogens with two attached hydrogens (primary N) is 1. The smallest absolute Gasteiger partial charge is 0.153 e. The number of aryl methyl sites for hydroxylation is 1. The van der Waals surface area contributed by atoms with Gasteiger partial charge >= 0.3 is 0 Å². The highest BCUT2D eigenvalue weighted by Crippen LogP contribution is 2.27. The van der Waals surface area contributed by atoms with Crippen LogP contribution in [0.1, 0.15) is 43.2 Å². The lowest BCUT2D eigenvalue weighted by atomic mass is 9.96. The average Bonchev–Trinajstić information content (AvgIpc) is 3.15. The molecular weight excluding hydrogens is 290 g/mol. The zero-order chi connectivity index (χ0) is 16.2. The van der Waals surface area contributed by atoms with Crippen LogP contribution in [0.5, 0.6) is 0 Å². The molecule has 3 rings (SSSR count). The first-order valence-electron chi connectivity index (χ1n) is 8.55. The number of imidazole rings is 1. The van der Waals surface area contributed by atoms with Crippen LogP contribution in [0.3, 0.4) is 0 Å².